The Morgan fingerprint density at radius 2 is 1.33 bits per heavy atom. The monoisotopic (exact) mass is 853 g/mol. The van der Waals surface area contributed by atoms with Gasteiger partial charge in [-0.25, -0.2) is 15.0 Å². The Hall–Kier alpha value is -8.01. The number of rotatable bonds is 5. The van der Waals surface area contributed by atoms with E-state index in [0.29, 0.717) is 28.8 Å². The maximum absolute atomic E-state index is 7.11. The van der Waals surface area contributed by atoms with Crippen molar-refractivity contribution < 1.29 is 4.42 Å². The van der Waals surface area contributed by atoms with E-state index in [1.165, 1.54) is 27.8 Å². The Bertz CT molecular complexity index is 3510. The molecule has 0 radical (unpaired) electrons. The second-order valence-electron chi connectivity index (χ2n) is 18.1. The number of hydrogen-bond donors (Lipinski definition) is 0. The van der Waals surface area contributed by atoms with E-state index in [1.54, 1.807) is 0 Å². The van der Waals surface area contributed by atoms with Crippen molar-refractivity contribution in [3.8, 4) is 40.5 Å². The summed E-state index contributed by atoms with van der Waals surface area (Å²) in [5, 5.41) is 2.11. The van der Waals surface area contributed by atoms with E-state index in [0.717, 1.165) is 61.5 Å². The highest BCUT2D eigenvalue weighted by molar-refractivity contribution is 6.00. The first-order valence-electron chi connectivity index (χ1n) is 22.9. The summed E-state index contributed by atoms with van der Waals surface area (Å²) in [4.78, 5) is 18.3. The van der Waals surface area contributed by atoms with Crippen molar-refractivity contribution in [3.05, 3.63) is 215 Å². The number of hydrogen-bond acceptors (Lipinski definition) is 5. The van der Waals surface area contributed by atoms with E-state index in [4.69, 9.17) is 25.8 Å². The molecule has 0 saturated carbocycles. The maximum atomic E-state index is 7.11. The van der Waals surface area contributed by atoms with Gasteiger partial charge in [-0.3, -0.25) is 0 Å². The molecule has 66 heavy (non-hydrogen) atoms. The first-order chi connectivity index (χ1) is 32.3. The van der Waals surface area contributed by atoms with Gasteiger partial charge in [-0.15, -0.1) is 6.42 Å². The van der Waals surface area contributed by atoms with Gasteiger partial charge >= 0.3 is 0 Å². The van der Waals surface area contributed by atoms with Gasteiger partial charge in [0, 0.05) is 50.9 Å². The summed E-state index contributed by atoms with van der Waals surface area (Å²) in [6.45, 7) is 11.4. The van der Waals surface area contributed by atoms with Gasteiger partial charge in [0.25, 0.3) is 0 Å². The van der Waals surface area contributed by atoms with Crippen LogP contribution in [0.5, 0.6) is 0 Å². The fraction of sp³-hybridized carbons (Fsp3) is 0.150. The van der Waals surface area contributed by atoms with E-state index in [-0.39, 0.29) is 17.8 Å². The van der Waals surface area contributed by atoms with Gasteiger partial charge < -0.3 is 13.9 Å². The third-order valence-electron chi connectivity index (χ3n) is 14.3. The van der Waals surface area contributed by atoms with E-state index in [1.807, 2.05) is 31.2 Å². The van der Waals surface area contributed by atoms with Gasteiger partial charge in [-0.2, -0.15) is 0 Å². The van der Waals surface area contributed by atoms with Crippen molar-refractivity contribution in [1.82, 2.24) is 19.5 Å². The molecule has 6 heteroatoms. The van der Waals surface area contributed by atoms with Crippen molar-refractivity contribution in [3.63, 3.8) is 0 Å². The lowest BCUT2D eigenvalue weighted by molar-refractivity contribution is 0.511. The molecule has 1 aliphatic heterocycles. The van der Waals surface area contributed by atoms with E-state index < -0.39 is 5.41 Å². The third kappa shape index (κ3) is 5.79. The van der Waals surface area contributed by atoms with Crippen LogP contribution in [0.2, 0.25) is 0 Å². The van der Waals surface area contributed by atoms with Crippen LogP contribution in [0.4, 0.5) is 17.1 Å². The molecule has 318 valence electrons. The third-order valence-corrected chi connectivity index (χ3v) is 14.3. The van der Waals surface area contributed by atoms with Crippen molar-refractivity contribution >= 4 is 44.5 Å². The predicted octanol–water partition coefficient (Wildman–Crippen LogP) is 14.8. The normalized spacial score (nSPS) is 20.0. The lowest BCUT2D eigenvalue weighted by Gasteiger charge is -2.44. The summed E-state index contributed by atoms with van der Waals surface area (Å²) in [6.07, 6.45) is 13.2. The molecule has 3 aromatic heterocycles. The number of nitrogens with zero attached hydrogens (tertiary/aromatic N) is 5. The van der Waals surface area contributed by atoms with Crippen molar-refractivity contribution in [2.75, 3.05) is 4.90 Å². The Morgan fingerprint density at radius 1 is 0.682 bits per heavy atom. The standard InChI is InChI=1S/C60H47N5O/c1-7-45-47-25-18-26-50-56(47)66-55(45)46(8-2)58-61-57(40-19-12-9-13-20-40)62-59(63-58)60(6)34-33-36(3)51-37(4)52-48-35-41(29-32-49(48)65(50)54(52)38(5)53(51)60)39-27-30-44(31-28-39)64(42-21-14-10-15-22-42)43-23-16-11-17-24-43/h1,8-38H,2-6H3/b46-8+. The molecule has 0 saturated heterocycles. The molecule has 3 aliphatic rings. The molecule has 6 bridgehead atoms. The second-order valence-corrected chi connectivity index (χ2v) is 18.1. The van der Waals surface area contributed by atoms with Crippen molar-refractivity contribution in [2.24, 2.45) is 5.92 Å². The first-order valence-corrected chi connectivity index (χ1v) is 22.9. The van der Waals surface area contributed by atoms with Crippen LogP contribution >= 0.6 is 0 Å². The zero-order chi connectivity index (χ0) is 44.8. The highest BCUT2D eigenvalue weighted by Gasteiger charge is 2.47. The maximum Gasteiger partial charge on any atom is 0.167 e. The van der Waals surface area contributed by atoms with Crippen LogP contribution in [0.25, 0.3) is 55.6 Å². The summed E-state index contributed by atoms with van der Waals surface area (Å²) in [7, 11) is 0. The molecule has 4 atom stereocenters. The van der Waals surface area contributed by atoms with Gasteiger partial charge in [-0.1, -0.05) is 141 Å². The average molecular weight is 854 g/mol. The number of aromatic nitrogens is 4. The quantitative estimate of drug-likeness (QED) is 0.127. The number of benzene rings is 6. The number of allylic oxidation sites excluding steroid dienone is 5. The van der Waals surface area contributed by atoms with Crippen LogP contribution < -0.4 is 4.90 Å². The number of terminal acetylenes is 1. The number of para-hydroxylation sites is 3. The van der Waals surface area contributed by atoms with Crippen molar-refractivity contribution in [1.29, 1.82) is 0 Å². The first kappa shape index (κ1) is 39.6. The topological polar surface area (TPSA) is 60.0 Å². The van der Waals surface area contributed by atoms with Gasteiger partial charge in [0.2, 0.25) is 0 Å². The van der Waals surface area contributed by atoms with E-state index >= 15 is 0 Å². The fourth-order valence-corrected chi connectivity index (χ4v) is 11.4. The van der Waals surface area contributed by atoms with Crippen LogP contribution in [0.3, 0.4) is 0 Å². The Balaban J connectivity index is 1.11. The molecule has 4 unspecified atom stereocenters. The summed E-state index contributed by atoms with van der Waals surface area (Å²) >= 11 is 0. The fourth-order valence-electron chi connectivity index (χ4n) is 11.4. The largest absolute Gasteiger partial charge is 0.452 e. The highest BCUT2D eigenvalue weighted by Crippen LogP contribution is 2.58. The molecule has 2 aliphatic carbocycles. The van der Waals surface area contributed by atoms with Gasteiger partial charge in [-0.05, 0) is 103 Å². The van der Waals surface area contributed by atoms with Gasteiger partial charge in [0.1, 0.15) is 5.82 Å². The number of fused-ring (bicyclic) bond motifs is 8. The summed E-state index contributed by atoms with van der Waals surface area (Å²) in [6, 6.07) is 53.6. The predicted molar refractivity (Wildman–Crippen MR) is 269 cm³/mol. The number of furan rings is 1. The Kier molecular flexibility index (Phi) is 9.02. The zero-order valence-electron chi connectivity index (χ0n) is 37.6. The molecule has 9 aromatic rings. The van der Waals surface area contributed by atoms with Gasteiger partial charge in [0.15, 0.2) is 23.0 Å². The van der Waals surface area contributed by atoms with Crippen LogP contribution in [0.1, 0.15) is 80.7 Å². The Morgan fingerprint density at radius 3 is 2.02 bits per heavy atom. The van der Waals surface area contributed by atoms with Gasteiger partial charge in [0.05, 0.1) is 27.8 Å². The molecule has 0 amide bonds. The van der Waals surface area contributed by atoms with E-state index in [9.17, 15) is 0 Å². The molecule has 12 rings (SSSR count). The van der Waals surface area contributed by atoms with Crippen LogP contribution in [-0.2, 0) is 5.41 Å². The molecule has 0 N–H and O–H groups in total. The lowest BCUT2D eigenvalue weighted by atomic mass is 9.60. The van der Waals surface area contributed by atoms with Crippen molar-refractivity contribution in [2.45, 2.75) is 51.9 Å². The van der Waals surface area contributed by atoms with Crippen LogP contribution in [0.15, 0.2) is 185 Å². The van der Waals surface area contributed by atoms with E-state index in [2.05, 4.69) is 189 Å². The smallest absolute Gasteiger partial charge is 0.167 e. The minimum Gasteiger partial charge on any atom is -0.452 e. The molecule has 4 heterocycles. The SMILES string of the molecule is C#Cc1c2oc3c(cccc13)-n1c3c(c4cc(-c5ccc(N(c6ccccc6)c6ccccc6)cc5)ccc41)C(C)C1=C(C3C)C(C)(C=CC1C)c1nc(nc(-c3ccccc3)n1)/C2=C/C. The lowest BCUT2D eigenvalue weighted by Crippen LogP contribution is -2.37. The summed E-state index contributed by atoms with van der Waals surface area (Å²) < 4.78 is 9.58. The molecule has 0 spiro atoms. The number of anilines is 3. The molecular formula is C60H47N5O. The van der Waals surface area contributed by atoms with Crippen LogP contribution in [0, 0.1) is 18.3 Å². The molecular weight excluding hydrogens is 807 g/mol. The summed E-state index contributed by atoms with van der Waals surface area (Å²) in [5.74, 6) is 5.70. The summed E-state index contributed by atoms with van der Waals surface area (Å²) in [5.41, 5.74) is 15.5. The minimum absolute atomic E-state index is 0.0280. The average Bonchev–Trinajstić information content (AvgIpc) is 3.91. The molecule has 6 nitrogen and oxygen atoms in total. The molecule has 6 aromatic carbocycles. The highest BCUT2D eigenvalue weighted by atomic mass is 16.3. The van der Waals surface area contributed by atoms with Crippen LogP contribution in [-0.4, -0.2) is 19.5 Å². The minimum atomic E-state index is -0.655. The molecule has 0 fully saturated rings. The Labute approximate surface area is 385 Å². The zero-order valence-corrected chi connectivity index (χ0v) is 37.6. The second kappa shape index (κ2) is 15.0.